The van der Waals surface area contributed by atoms with Gasteiger partial charge in [0.2, 0.25) is 5.91 Å². The van der Waals surface area contributed by atoms with Gasteiger partial charge in [-0.15, -0.1) is 12.6 Å². The van der Waals surface area contributed by atoms with Gasteiger partial charge in [-0.2, -0.15) is 8.42 Å². The lowest BCUT2D eigenvalue weighted by Crippen LogP contribution is -2.57. The second-order valence-corrected chi connectivity index (χ2v) is 12.2. The topological polar surface area (TPSA) is 142 Å². The number of sulfonamides is 1. The smallest absolute Gasteiger partial charge is 0.287 e. The van der Waals surface area contributed by atoms with Crippen LogP contribution >= 0.6 is 12.6 Å². The maximum atomic E-state index is 13.3. The predicted octanol–water partition coefficient (Wildman–Crippen LogP) is 2.68. The lowest BCUT2D eigenvalue weighted by molar-refractivity contribution is -0.125. The summed E-state index contributed by atoms with van der Waals surface area (Å²) in [4.78, 5) is 28.2. The van der Waals surface area contributed by atoms with E-state index in [0.29, 0.717) is 12.0 Å². The lowest BCUT2D eigenvalue weighted by atomic mass is 10.0. The predicted molar refractivity (Wildman–Crippen MR) is 145 cm³/mol. The van der Waals surface area contributed by atoms with E-state index in [2.05, 4.69) is 28.2 Å². The van der Waals surface area contributed by atoms with Crippen LogP contribution in [0.15, 0.2) is 76.4 Å². The zero-order valence-corrected chi connectivity index (χ0v) is 22.7. The Morgan fingerprint density at radius 2 is 1.97 bits per heavy atom. The molecule has 0 unspecified atom stereocenters. The number of nitrogens with one attached hydrogen (secondary N) is 2. The second kappa shape index (κ2) is 11.2. The Labute approximate surface area is 226 Å². The van der Waals surface area contributed by atoms with Crippen LogP contribution in [-0.2, 0) is 14.8 Å². The molecular weight excluding hydrogens is 528 g/mol. The van der Waals surface area contributed by atoms with Crippen LogP contribution in [0.1, 0.15) is 37.2 Å². The summed E-state index contributed by atoms with van der Waals surface area (Å²) in [6.07, 6.45) is 4.65. The molecule has 1 aromatic carbocycles. The fourth-order valence-corrected chi connectivity index (χ4v) is 5.87. The van der Waals surface area contributed by atoms with Crippen molar-refractivity contribution in [2.24, 2.45) is 5.92 Å². The molecule has 0 saturated heterocycles. The van der Waals surface area contributed by atoms with Crippen LogP contribution in [0.3, 0.4) is 0 Å². The Bertz CT molecular complexity index is 1400. The summed E-state index contributed by atoms with van der Waals surface area (Å²) in [6, 6.07) is 11.4. The highest BCUT2D eigenvalue weighted by Gasteiger charge is 2.41. The Morgan fingerprint density at radius 1 is 1.24 bits per heavy atom. The van der Waals surface area contributed by atoms with Crippen molar-refractivity contribution in [1.29, 1.82) is 0 Å². The van der Waals surface area contributed by atoms with Gasteiger partial charge >= 0.3 is 0 Å². The molecular formula is C26H30N4O6S2. The van der Waals surface area contributed by atoms with E-state index in [9.17, 15) is 23.1 Å². The van der Waals surface area contributed by atoms with E-state index in [-0.39, 0.29) is 23.1 Å². The van der Waals surface area contributed by atoms with Gasteiger partial charge in [0.25, 0.3) is 15.9 Å². The Kier molecular flexibility index (Phi) is 8.14. The summed E-state index contributed by atoms with van der Waals surface area (Å²) in [7, 11) is -4.05. The van der Waals surface area contributed by atoms with Crippen LogP contribution in [0, 0.1) is 5.92 Å². The average Bonchev–Trinajstić information content (AvgIpc) is 3.25. The first-order valence-electron chi connectivity index (χ1n) is 12.1. The van der Waals surface area contributed by atoms with Crippen LogP contribution in [-0.4, -0.2) is 58.2 Å². The van der Waals surface area contributed by atoms with Gasteiger partial charge in [-0.3, -0.25) is 13.9 Å². The van der Waals surface area contributed by atoms with Crippen LogP contribution in [0.5, 0.6) is 0 Å². The number of thiol groups is 1. The molecule has 1 aliphatic heterocycles. The van der Waals surface area contributed by atoms with Gasteiger partial charge in [0.05, 0.1) is 12.6 Å². The standard InChI is InChI=1S/C26H30N4O6S2/c1-17(2)14-19(28-25(32)21-15-18-8-3-4-9-20(18)36-21)24(31)29-22-10-7-13-30(16-26(22,33)37)38(34,35)23-11-5-6-12-27-23/h3-9,11-13,15,17,19,22,33,37H,10,14,16H2,1-2H3,(H,28,32)(H,29,31)/t19-,22-,26+/m0/s1. The monoisotopic (exact) mass is 558 g/mol. The number of aliphatic hydroxyl groups is 1. The third-order valence-electron chi connectivity index (χ3n) is 6.10. The van der Waals surface area contributed by atoms with Crippen molar-refractivity contribution in [2.75, 3.05) is 6.54 Å². The molecule has 4 rings (SSSR count). The third kappa shape index (κ3) is 6.20. The quantitative estimate of drug-likeness (QED) is 0.246. The number of fused-ring (bicyclic) bond motifs is 1. The molecule has 0 spiro atoms. The van der Waals surface area contributed by atoms with E-state index in [4.69, 9.17) is 4.42 Å². The number of hydrogen-bond donors (Lipinski definition) is 4. The molecule has 38 heavy (non-hydrogen) atoms. The molecule has 0 bridgehead atoms. The first kappa shape index (κ1) is 27.7. The van der Waals surface area contributed by atoms with E-state index in [1.165, 1.54) is 24.5 Å². The number of para-hydroxylation sites is 1. The molecule has 0 aliphatic carbocycles. The summed E-state index contributed by atoms with van der Waals surface area (Å²) in [6.45, 7) is 3.39. The molecule has 0 saturated carbocycles. The van der Waals surface area contributed by atoms with Crippen molar-refractivity contribution in [3.8, 4) is 0 Å². The number of amides is 2. The maximum absolute atomic E-state index is 13.3. The number of pyridine rings is 1. The summed E-state index contributed by atoms with van der Waals surface area (Å²) in [5.41, 5.74) is 0.554. The highest BCUT2D eigenvalue weighted by molar-refractivity contribution is 7.89. The number of aromatic nitrogens is 1. The van der Waals surface area contributed by atoms with Crippen molar-refractivity contribution in [2.45, 2.75) is 48.7 Å². The Balaban J connectivity index is 1.48. The number of benzene rings is 1. The van der Waals surface area contributed by atoms with Crippen LogP contribution in [0.25, 0.3) is 11.0 Å². The maximum Gasteiger partial charge on any atom is 0.287 e. The zero-order chi connectivity index (χ0) is 27.5. The Morgan fingerprint density at radius 3 is 2.66 bits per heavy atom. The number of hydrogen-bond acceptors (Lipinski definition) is 8. The number of rotatable bonds is 8. The van der Waals surface area contributed by atoms with Gasteiger partial charge in [0.15, 0.2) is 10.8 Å². The first-order valence-corrected chi connectivity index (χ1v) is 14.0. The summed E-state index contributed by atoms with van der Waals surface area (Å²) in [5.74, 6) is -0.942. The third-order valence-corrected chi connectivity index (χ3v) is 8.19. The summed E-state index contributed by atoms with van der Waals surface area (Å²) in [5, 5.41) is 17.2. The van der Waals surface area contributed by atoms with Crippen molar-refractivity contribution < 1.29 is 27.5 Å². The van der Waals surface area contributed by atoms with E-state index in [1.54, 1.807) is 30.3 Å². The molecule has 0 radical (unpaired) electrons. The number of furan rings is 1. The molecule has 0 fully saturated rings. The highest BCUT2D eigenvalue weighted by atomic mass is 32.2. The second-order valence-electron chi connectivity index (χ2n) is 9.58. The van der Waals surface area contributed by atoms with E-state index in [1.807, 2.05) is 26.0 Å². The van der Waals surface area contributed by atoms with Gasteiger partial charge in [-0.05, 0) is 43.0 Å². The van der Waals surface area contributed by atoms with E-state index in [0.717, 1.165) is 9.69 Å². The SMILES string of the molecule is CC(C)C[C@H](NC(=O)c1cc2ccccc2o1)C(=O)N[C@H]1CC=CN(S(=O)(=O)c2ccccn2)C[C@@]1(O)S. The zero-order valence-electron chi connectivity index (χ0n) is 20.9. The molecule has 3 N–H and O–H groups in total. The number of β-amino-alcohol motifs (C(OH)–C–C–N with tert-alkyl or cyclic N) is 1. The summed E-state index contributed by atoms with van der Waals surface area (Å²) >= 11 is 4.33. The van der Waals surface area contributed by atoms with Crippen LogP contribution < -0.4 is 10.6 Å². The van der Waals surface area contributed by atoms with Crippen LogP contribution in [0.2, 0.25) is 0 Å². The molecule has 202 valence electrons. The highest BCUT2D eigenvalue weighted by Crippen LogP contribution is 2.28. The van der Waals surface area contributed by atoms with Gasteiger partial charge in [0.1, 0.15) is 16.6 Å². The number of nitrogens with zero attached hydrogens (tertiary/aromatic N) is 2. The minimum Gasteiger partial charge on any atom is -0.451 e. The molecule has 3 heterocycles. The normalized spacial score (nSPS) is 20.8. The molecule has 2 amide bonds. The van der Waals surface area contributed by atoms with Crippen molar-refractivity contribution >= 4 is 45.4 Å². The van der Waals surface area contributed by atoms with Crippen LogP contribution in [0.4, 0.5) is 0 Å². The fourth-order valence-electron chi connectivity index (χ4n) is 4.15. The van der Waals surface area contributed by atoms with Crippen molar-refractivity contribution in [1.82, 2.24) is 19.9 Å². The average molecular weight is 559 g/mol. The minimum absolute atomic E-state index is 0.0599. The fraction of sp³-hybridized carbons (Fsp3) is 0.346. The largest absolute Gasteiger partial charge is 0.451 e. The van der Waals surface area contributed by atoms with Crippen molar-refractivity contribution in [3.63, 3.8) is 0 Å². The van der Waals surface area contributed by atoms with E-state index < -0.39 is 45.4 Å². The molecule has 2 aromatic heterocycles. The minimum atomic E-state index is -4.05. The van der Waals surface area contributed by atoms with E-state index >= 15 is 0 Å². The Hall–Kier alpha value is -3.35. The molecule has 3 atom stereocenters. The van der Waals surface area contributed by atoms with Gasteiger partial charge in [-0.1, -0.05) is 44.2 Å². The number of carbonyl (C=O) groups is 2. The molecule has 12 heteroatoms. The number of carbonyl (C=O) groups excluding carboxylic acids is 2. The molecule has 1 aliphatic rings. The van der Waals surface area contributed by atoms with Gasteiger partial charge in [0, 0.05) is 17.8 Å². The first-order chi connectivity index (χ1) is 18.0. The van der Waals surface area contributed by atoms with Gasteiger partial charge < -0.3 is 20.2 Å². The summed E-state index contributed by atoms with van der Waals surface area (Å²) < 4.78 is 32.6. The molecule has 10 nitrogen and oxygen atoms in total. The van der Waals surface area contributed by atoms with Crippen molar-refractivity contribution in [3.05, 3.63) is 72.8 Å². The lowest BCUT2D eigenvalue weighted by Gasteiger charge is -2.34. The molecule has 3 aromatic rings. The van der Waals surface area contributed by atoms with Gasteiger partial charge in [-0.25, -0.2) is 4.98 Å².